The molecule has 3 aromatic carbocycles. The van der Waals surface area contributed by atoms with Gasteiger partial charge in [0.1, 0.15) is 0 Å². The highest BCUT2D eigenvalue weighted by molar-refractivity contribution is 9.10. The molecule has 0 spiro atoms. The van der Waals surface area contributed by atoms with Gasteiger partial charge < -0.3 is 0 Å². The molecule has 1 amide bonds. The molecule has 0 fully saturated rings. The minimum atomic E-state index is -4.03. The van der Waals surface area contributed by atoms with Crippen LogP contribution in [-0.4, -0.2) is 31.4 Å². The number of carbonyl (C=O) groups excluding carboxylic acids is 1. The summed E-state index contributed by atoms with van der Waals surface area (Å²) >= 11 is 27.2. The summed E-state index contributed by atoms with van der Waals surface area (Å²) in [6.45, 7) is -0.601. The molecule has 3 rings (SSSR count). The van der Waals surface area contributed by atoms with Crippen molar-refractivity contribution in [2.45, 2.75) is 11.4 Å². The van der Waals surface area contributed by atoms with E-state index in [0.717, 1.165) is 8.78 Å². The van der Waals surface area contributed by atoms with Crippen LogP contribution in [0.3, 0.4) is 0 Å². The molecule has 34 heavy (non-hydrogen) atoms. The first-order valence-electron chi connectivity index (χ1n) is 9.53. The van der Waals surface area contributed by atoms with Crippen molar-refractivity contribution >= 4 is 84.5 Å². The Bertz CT molecular complexity index is 1340. The van der Waals surface area contributed by atoms with Gasteiger partial charge in [-0.3, -0.25) is 4.79 Å². The number of nitrogens with zero attached hydrogens (tertiary/aromatic N) is 2. The van der Waals surface area contributed by atoms with Crippen molar-refractivity contribution in [1.82, 2.24) is 9.73 Å². The number of hydrazone groups is 1. The number of benzene rings is 3. The molecule has 0 aliphatic heterocycles. The highest BCUT2D eigenvalue weighted by Gasteiger charge is 2.27. The summed E-state index contributed by atoms with van der Waals surface area (Å²) in [6, 6.07) is 15.7. The maximum absolute atomic E-state index is 13.3. The van der Waals surface area contributed by atoms with Crippen LogP contribution < -0.4 is 5.43 Å². The van der Waals surface area contributed by atoms with E-state index in [2.05, 4.69) is 26.5 Å². The zero-order chi connectivity index (χ0) is 24.9. The van der Waals surface area contributed by atoms with Crippen LogP contribution in [0.5, 0.6) is 0 Å². The molecule has 3 aromatic rings. The lowest BCUT2D eigenvalue weighted by molar-refractivity contribution is -0.121. The summed E-state index contributed by atoms with van der Waals surface area (Å²) in [5.74, 6) is -0.642. The van der Waals surface area contributed by atoms with Gasteiger partial charge in [-0.2, -0.15) is 9.41 Å². The van der Waals surface area contributed by atoms with Crippen molar-refractivity contribution < 1.29 is 13.2 Å². The Kier molecular flexibility index (Phi) is 9.40. The molecule has 1 N–H and O–H groups in total. The van der Waals surface area contributed by atoms with Gasteiger partial charge in [-0.15, -0.1) is 0 Å². The lowest BCUT2D eigenvalue weighted by Gasteiger charge is -2.22. The van der Waals surface area contributed by atoms with Crippen molar-refractivity contribution in [3.63, 3.8) is 0 Å². The van der Waals surface area contributed by atoms with E-state index in [1.807, 2.05) is 0 Å². The number of amides is 1. The maximum atomic E-state index is 13.3. The number of carbonyl (C=O) groups is 1. The Hall–Kier alpha value is -1.65. The number of sulfonamides is 1. The van der Waals surface area contributed by atoms with Gasteiger partial charge in [-0.1, -0.05) is 74.5 Å². The van der Waals surface area contributed by atoms with Crippen LogP contribution in [0, 0.1) is 0 Å². The second kappa shape index (κ2) is 11.9. The minimum absolute atomic E-state index is 0.0304. The topological polar surface area (TPSA) is 78.8 Å². The van der Waals surface area contributed by atoms with Crippen molar-refractivity contribution in [2.24, 2.45) is 5.10 Å². The largest absolute Gasteiger partial charge is 0.272 e. The molecule has 0 saturated carbocycles. The van der Waals surface area contributed by atoms with Gasteiger partial charge in [-0.05, 0) is 59.7 Å². The third-order valence-corrected chi connectivity index (χ3v) is 8.27. The van der Waals surface area contributed by atoms with Crippen LogP contribution in [0.1, 0.15) is 11.1 Å². The van der Waals surface area contributed by atoms with Crippen LogP contribution in [-0.2, 0) is 21.4 Å². The van der Waals surface area contributed by atoms with E-state index in [4.69, 9.17) is 46.4 Å². The molecule has 178 valence electrons. The summed E-state index contributed by atoms with van der Waals surface area (Å²) in [5, 5.41) is 5.21. The molecule has 0 aliphatic carbocycles. The standard InChI is InChI=1S/C22H16BrCl4N3O3S/c23-16-3-5-17(6-4-16)34(32,33)30(12-15-2-8-19(25)21(27)10-15)13-22(31)29-28-11-14-1-7-18(24)20(26)9-14/h1-11H,12-13H2,(H,29,31)/b28-11+. The Morgan fingerprint density at radius 3 is 2.15 bits per heavy atom. The zero-order valence-electron chi connectivity index (χ0n) is 17.2. The van der Waals surface area contributed by atoms with Gasteiger partial charge >= 0.3 is 0 Å². The highest BCUT2D eigenvalue weighted by Crippen LogP contribution is 2.26. The number of hydrogen-bond donors (Lipinski definition) is 1. The Balaban J connectivity index is 1.81. The van der Waals surface area contributed by atoms with E-state index in [9.17, 15) is 13.2 Å². The number of nitrogens with one attached hydrogen (secondary N) is 1. The normalized spacial score (nSPS) is 11.8. The van der Waals surface area contributed by atoms with Crippen molar-refractivity contribution in [3.05, 3.63) is 96.4 Å². The Labute approximate surface area is 225 Å². The van der Waals surface area contributed by atoms with Crippen molar-refractivity contribution in [1.29, 1.82) is 0 Å². The molecule has 0 saturated heterocycles. The molecule has 12 heteroatoms. The summed E-state index contributed by atoms with van der Waals surface area (Å²) < 4.78 is 28.4. The molecular formula is C22H16BrCl4N3O3S. The third kappa shape index (κ3) is 7.18. The van der Waals surface area contributed by atoms with Crippen LogP contribution >= 0.6 is 62.3 Å². The molecule has 0 heterocycles. The predicted molar refractivity (Wildman–Crippen MR) is 140 cm³/mol. The van der Waals surface area contributed by atoms with Gasteiger partial charge in [-0.25, -0.2) is 13.8 Å². The Morgan fingerprint density at radius 1 is 0.912 bits per heavy atom. The summed E-state index contributed by atoms with van der Waals surface area (Å²) in [6.07, 6.45) is 1.37. The van der Waals surface area contributed by atoms with E-state index in [1.165, 1.54) is 18.3 Å². The van der Waals surface area contributed by atoms with Crippen molar-refractivity contribution in [2.75, 3.05) is 6.54 Å². The van der Waals surface area contributed by atoms with Crippen LogP contribution in [0.15, 0.2) is 75.1 Å². The third-order valence-electron chi connectivity index (χ3n) is 4.46. The van der Waals surface area contributed by atoms with Crippen LogP contribution in [0.25, 0.3) is 0 Å². The van der Waals surface area contributed by atoms with Gasteiger partial charge in [0.15, 0.2) is 0 Å². The lowest BCUT2D eigenvalue weighted by Crippen LogP contribution is -2.39. The van der Waals surface area contributed by atoms with Gasteiger partial charge in [0, 0.05) is 11.0 Å². The molecule has 6 nitrogen and oxygen atoms in total. The number of halogens is 5. The maximum Gasteiger partial charge on any atom is 0.255 e. The average Bonchev–Trinajstić information content (AvgIpc) is 2.78. The minimum Gasteiger partial charge on any atom is -0.272 e. The van der Waals surface area contributed by atoms with Crippen molar-refractivity contribution in [3.8, 4) is 0 Å². The summed E-state index contributed by atoms with van der Waals surface area (Å²) in [7, 11) is -4.03. The van der Waals surface area contributed by atoms with Crippen LogP contribution in [0.2, 0.25) is 20.1 Å². The number of hydrogen-bond acceptors (Lipinski definition) is 4. The smallest absolute Gasteiger partial charge is 0.255 e. The Morgan fingerprint density at radius 2 is 1.53 bits per heavy atom. The first-order chi connectivity index (χ1) is 16.1. The van der Waals surface area contributed by atoms with Gasteiger partial charge in [0.05, 0.1) is 37.7 Å². The van der Waals surface area contributed by atoms with E-state index >= 15 is 0 Å². The molecule has 0 radical (unpaired) electrons. The molecule has 0 bridgehead atoms. The first kappa shape index (κ1) is 26.9. The van der Waals surface area contributed by atoms with E-state index in [-0.39, 0.29) is 16.5 Å². The lowest BCUT2D eigenvalue weighted by atomic mass is 10.2. The SMILES string of the molecule is O=C(CN(Cc1ccc(Cl)c(Cl)c1)S(=O)(=O)c1ccc(Br)cc1)N/N=C/c1ccc(Cl)c(Cl)c1. The second-order valence-corrected chi connectivity index (χ2v) is 11.4. The average molecular weight is 624 g/mol. The van der Waals surface area contributed by atoms with Crippen LogP contribution in [0.4, 0.5) is 0 Å². The van der Waals surface area contributed by atoms with E-state index in [1.54, 1.807) is 48.5 Å². The predicted octanol–water partition coefficient (Wildman–Crippen LogP) is 6.40. The second-order valence-electron chi connectivity index (χ2n) is 6.94. The monoisotopic (exact) mass is 621 g/mol. The zero-order valence-corrected chi connectivity index (χ0v) is 22.6. The molecular weight excluding hydrogens is 608 g/mol. The summed E-state index contributed by atoms with van der Waals surface area (Å²) in [5.41, 5.74) is 3.49. The molecule has 0 atom stereocenters. The van der Waals surface area contributed by atoms with E-state index in [0.29, 0.717) is 26.2 Å². The molecule has 0 unspecified atom stereocenters. The molecule has 0 aromatic heterocycles. The van der Waals surface area contributed by atoms with E-state index < -0.39 is 22.5 Å². The van der Waals surface area contributed by atoms with Gasteiger partial charge in [0.25, 0.3) is 5.91 Å². The summed E-state index contributed by atoms with van der Waals surface area (Å²) in [4.78, 5) is 12.6. The quantitative estimate of drug-likeness (QED) is 0.233. The fourth-order valence-electron chi connectivity index (χ4n) is 2.79. The van der Waals surface area contributed by atoms with Gasteiger partial charge in [0.2, 0.25) is 10.0 Å². The number of rotatable bonds is 8. The molecule has 0 aliphatic rings. The first-order valence-corrected chi connectivity index (χ1v) is 13.3. The fraction of sp³-hybridized carbons (Fsp3) is 0.0909. The highest BCUT2D eigenvalue weighted by atomic mass is 79.9. The fourth-order valence-corrected chi connectivity index (χ4v) is 5.07.